The Morgan fingerprint density at radius 2 is 1.71 bits per heavy atom. The van der Waals surface area contributed by atoms with Crippen LogP contribution in [-0.4, -0.2) is 54.1 Å². The van der Waals surface area contributed by atoms with E-state index in [1.165, 1.54) is 71.1 Å². The molecule has 3 nitrogen and oxygen atoms in total. The van der Waals surface area contributed by atoms with Gasteiger partial charge in [0.25, 0.3) is 0 Å². The Labute approximate surface area is 131 Å². The maximum Gasteiger partial charge on any atom is 0.0332 e. The molecule has 0 radical (unpaired) electrons. The van der Waals surface area contributed by atoms with Gasteiger partial charge in [0.05, 0.1) is 0 Å². The molecule has 3 rings (SSSR count). The molecule has 2 atom stereocenters. The molecule has 0 aromatic carbocycles. The molecule has 2 N–H and O–H groups in total. The first-order valence-corrected chi connectivity index (χ1v) is 9.34. The molecule has 0 amide bonds. The van der Waals surface area contributed by atoms with Gasteiger partial charge in [0.2, 0.25) is 0 Å². The summed E-state index contributed by atoms with van der Waals surface area (Å²) in [4.78, 5) is 5.49. The van der Waals surface area contributed by atoms with Gasteiger partial charge >= 0.3 is 0 Å². The molecule has 0 aromatic heterocycles. The molecule has 0 spiro atoms. The van der Waals surface area contributed by atoms with Crippen LogP contribution < -0.4 is 5.73 Å². The van der Waals surface area contributed by atoms with E-state index in [4.69, 9.17) is 5.73 Å². The molecule has 21 heavy (non-hydrogen) atoms. The van der Waals surface area contributed by atoms with Crippen LogP contribution in [0.5, 0.6) is 0 Å². The predicted molar refractivity (Wildman–Crippen MR) is 89.4 cm³/mol. The van der Waals surface area contributed by atoms with Crippen LogP contribution >= 0.6 is 0 Å². The SMILES string of the molecule is CC(C)C1CCCC(CN)(N2CCN(C3CC3)CC2)CC1. The summed E-state index contributed by atoms with van der Waals surface area (Å²) in [6.45, 7) is 10.7. The van der Waals surface area contributed by atoms with E-state index >= 15 is 0 Å². The van der Waals surface area contributed by atoms with Crippen molar-refractivity contribution in [1.82, 2.24) is 9.80 Å². The van der Waals surface area contributed by atoms with Crippen molar-refractivity contribution < 1.29 is 0 Å². The normalized spacial score (nSPS) is 36.9. The molecule has 1 saturated heterocycles. The van der Waals surface area contributed by atoms with Gasteiger partial charge in [0.15, 0.2) is 0 Å². The Morgan fingerprint density at radius 1 is 1.00 bits per heavy atom. The maximum atomic E-state index is 6.31. The topological polar surface area (TPSA) is 32.5 Å². The van der Waals surface area contributed by atoms with Crippen LogP contribution in [0.4, 0.5) is 0 Å². The molecule has 1 aliphatic heterocycles. The first-order valence-electron chi connectivity index (χ1n) is 9.34. The van der Waals surface area contributed by atoms with Crippen molar-refractivity contribution >= 4 is 0 Å². The Balaban J connectivity index is 1.60. The Hall–Kier alpha value is -0.120. The third-order valence-corrected chi connectivity index (χ3v) is 6.57. The third-order valence-electron chi connectivity index (χ3n) is 6.57. The Kier molecular flexibility index (Phi) is 4.92. The number of hydrogen-bond donors (Lipinski definition) is 1. The highest BCUT2D eigenvalue weighted by molar-refractivity contribution is 4.98. The Bertz CT molecular complexity index is 331. The summed E-state index contributed by atoms with van der Waals surface area (Å²) in [6.07, 6.45) is 9.73. The Morgan fingerprint density at radius 3 is 2.29 bits per heavy atom. The zero-order valence-electron chi connectivity index (χ0n) is 14.2. The van der Waals surface area contributed by atoms with Crippen molar-refractivity contribution in [3.63, 3.8) is 0 Å². The van der Waals surface area contributed by atoms with Crippen LogP contribution in [0.15, 0.2) is 0 Å². The van der Waals surface area contributed by atoms with Crippen LogP contribution in [0.2, 0.25) is 0 Å². The van der Waals surface area contributed by atoms with E-state index in [9.17, 15) is 0 Å². The molecule has 122 valence electrons. The fourth-order valence-electron chi connectivity index (χ4n) is 4.73. The van der Waals surface area contributed by atoms with Crippen LogP contribution in [0.3, 0.4) is 0 Å². The molecular weight excluding hydrogens is 258 g/mol. The average Bonchev–Trinajstić information content (AvgIpc) is 3.34. The van der Waals surface area contributed by atoms with Gasteiger partial charge in [-0.05, 0) is 43.9 Å². The lowest BCUT2D eigenvalue weighted by Gasteiger charge is -2.47. The second-order valence-corrected chi connectivity index (χ2v) is 8.12. The van der Waals surface area contributed by atoms with Crippen molar-refractivity contribution in [1.29, 1.82) is 0 Å². The quantitative estimate of drug-likeness (QED) is 0.809. The summed E-state index contributed by atoms with van der Waals surface area (Å²) in [6, 6.07) is 0.931. The van der Waals surface area contributed by atoms with E-state index in [1.54, 1.807) is 0 Å². The zero-order valence-corrected chi connectivity index (χ0v) is 14.2. The lowest BCUT2D eigenvalue weighted by Crippen LogP contribution is -2.60. The van der Waals surface area contributed by atoms with Gasteiger partial charge in [-0.1, -0.05) is 26.7 Å². The first kappa shape index (κ1) is 15.8. The van der Waals surface area contributed by atoms with E-state index in [1.807, 2.05) is 0 Å². The summed E-state index contributed by atoms with van der Waals surface area (Å²) in [5.74, 6) is 1.76. The van der Waals surface area contributed by atoms with Gasteiger partial charge in [-0.2, -0.15) is 0 Å². The fourth-order valence-corrected chi connectivity index (χ4v) is 4.73. The third kappa shape index (κ3) is 3.46. The number of rotatable bonds is 4. The lowest BCUT2D eigenvalue weighted by molar-refractivity contribution is 0.0228. The number of hydrogen-bond acceptors (Lipinski definition) is 3. The number of nitrogens with two attached hydrogens (primary N) is 1. The van der Waals surface area contributed by atoms with Gasteiger partial charge in [-0.15, -0.1) is 0 Å². The van der Waals surface area contributed by atoms with Crippen LogP contribution in [0, 0.1) is 11.8 Å². The van der Waals surface area contributed by atoms with Gasteiger partial charge in [0.1, 0.15) is 0 Å². The van der Waals surface area contributed by atoms with Gasteiger partial charge in [0, 0.05) is 44.3 Å². The summed E-state index contributed by atoms with van der Waals surface area (Å²) >= 11 is 0. The van der Waals surface area contributed by atoms with Crippen molar-refractivity contribution in [3.05, 3.63) is 0 Å². The van der Waals surface area contributed by atoms with E-state index in [-0.39, 0.29) is 0 Å². The summed E-state index contributed by atoms with van der Waals surface area (Å²) < 4.78 is 0. The molecule has 3 heteroatoms. The van der Waals surface area contributed by atoms with Crippen LogP contribution in [-0.2, 0) is 0 Å². The molecule has 2 saturated carbocycles. The summed E-state index contributed by atoms with van der Waals surface area (Å²) in [7, 11) is 0. The van der Waals surface area contributed by atoms with E-state index < -0.39 is 0 Å². The second-order valence-electron chi connectivity index (χ2n) is 8.12. The smallest absolute Gasteiger partial charge is 0.0332 e. The second kappa shape index (κ2) is 6.55. The first-order chi connectivity index (χ1) is 10.1. The molecule has 0 aromatic rings. The van der Waals surface area contributed by atoms with Gasteiger partial charge in [-0.3, -0.25) is 9.80 Å². The molecule has 0 bridgehead atoms. The van der Waals surface area contributed by atoms with E-state index in [2.05, 4.69) is 23.6 Å². The van der Waals surface area contributed by atoms with Crippen molar-refractivity contribution in [2.24, 2.45) is 17.6 Å². The van der Waals surface area contributed by atoms with Crippen molar-refractivity contribution in [3.8, 4) is 0 Å². The molecule has 2 unspecified atom stereocenters. The van der Waals surface area contributed by atoms with Crippen LogP contribution in [0.25, 0.3) is 0 Å². The number of nitrogens with zero attached hydrogens (tertiary/aromatic N) is 2. The van der Waals surface area contributed by atoms with E-state index in [0.717, 1.165) is 24.4 Å². The molecule has 2 aliphatic carbocycles. The van der Waals surface area contributed by atoms with Crippen LogP contribution in [0.1, 0.15) is 58.8 Å². The maximum absolute atomic E-state index is 6.31. The lowest BCUT2D eigenvalue weighted by atomic mass is 9.85. The monoisotopic (exact) mass is 293 g/mol. The minimum absolute atomic E-state index is 0.319. The fraction of sp³-hybridized carbons (Fsp3) is 1.00. The zero-order chi connectivity index (χ0) is 14.9. The predicted octanol–water partition coefficient (Wildman–Crippen LogP) is 2.70. The van der Waals surface area contributed by atoms with E-state index in [0.29, 0.717) is 5.54 Å². The highest BCUT2D eigenvalue weighted by atomic mass is 15.3. The molecule has 1 heterocycles. The van der Waals surface area contributed by atoms with Crippen molar-refractivity contribution in [2.75, 3.05) is 32.7 Å². The highest BCUT2D eigenvalue weighted by Gasteiger charge is 2.40. The minimum atomic E-state index is 0.319. The highest BCUT2D eigenvalue weighted by Crippen LogP contribution is 2.38. The minimum Gasteiger partial charge on any atom is -0.329 e. The summed E-state index contributed by atoms with van der Waals surface area (Å²) in [5.41, 5.74) is 6.63. The standard InChI is InChI=1S/C18H35N3/c1-15(2)16-4-3-8-18(14-19,9-7-16)21-12-10-20(11-13-21)17-5-6-17/h15-17H,3-14,19H2,1-2H3. The van der Waals surface area contributed by atoms with Crippen molar-refractivity contribution in [2.45, 2.75) is 70.4 Å². The molecular formula is C18H35N3. The largest absolute Gasteiger partial charge is 0.329 e. The summed E-state index contributed by atoms with van der Waals surface area (Å²) in [5, 5.41) is 0. The average molecular weight is 293 g/mol. The number of piperazine rings is 1. The molecule has 3 aliphatic rings. The van der Waals surface area contributed by atoms with Gasteiger partial charge in [-0.25, -0.2) is 0 Å². The van der Waals surface area contributed by atoms with Gasteiger partial charge < -0.3 is 5.73 Å². The molecule has 3 fully saturated rings.